The minimum Gasteiger partial charge on any atom is -0.444 e. The Labute approximate surface area is 128 Å². The van der Waals surface area contributed by atoms with E-state index in [1.54, 1.807) is 6.07 Å². The van der Waals surface area contributed by atoms with Gasteiger partial charge < -0.3 is 9.84 Å². The summed E-state index contributed by atoms with van der Waals surface area (Å²) in [5.74, 6) is 0. The molecular weight excluding hydrogens is 322 g/mol. The number of anilines is 1. The van der Waals surface area contributed by atoms with E-state index in [0.29, 0.717) is 5.69 Å². The van der Waals surface area contributed by atoms with E-state index >= 15 is 0 Å². The lowest BCUT2D eigenvalue weighted by atomic mass is 9.84. The fourth-order valence-electron chi connectivity index (χ4n) is 1.71. The van der Waals surface area contributed by atoms with Crippen LogP contribution in [0.4, 0.5) is 10.5 Å². The molecule has 0 radical (unpaired) electrons. The maximum Gasteiger partial charge on any atom is 0.412 e. The lowest BCUT2D eigenvalue weighted by molar-refractivity contribution is 0.0635. The van der Waals surface area contributed by atoms with Gasteiger partial charge in [-0.1, -0.05) is 35.8 Å². The van der Waals surface area contributed by atoms with Gasteiger partial charge >= 0.3 is 6.09 Å². The third kappa shape index (κ3) is 4.80. The monoisotopic (exact) mass is 343 g/mol. The molecule has 0 spiro atoms. The number of aliphatic hydroxyl groups excluding tert-OH is 1. The average Bonchev–Trinajstić information content (AvgIpc) is 2.25. The number of rotatable bonds is 3. The van der Waals surface area contributed by atoms with Gasteiger partial charge in [0.1, 0.15) is 5.60 Å². The Bertz CT molecular complexity index is 492. The van der Waals surface area contributed by atoms with E-state index in [0.717, 1.165) is 10.0 Å². The Morgan fingerprint density at radius 1 is 1.30 bits per heavy atom. The topological polar surface area (TPSA) is 58.6 Å². The molecule has 1 amide bonds. The summed E-state index contributed by atoms with van der Waals surface area (Å²) in [5.41, 5.74) is 0.482. The molecule has 20 heavy (non-hydrogen) atoms. The molecule has 1 aromatic rings. The number of ether oxygens (including phenoxy) is 1. The van der Waals surface area contributed by atoms with Gasteiger partial charge in [-0.2, -0.15) is 0 Å². The molecule has 2 N–H and O–H groups in total. The zero-order valence-electron chi connectivity index (χ0n) is 12.6. The predicted molar refractivity (Wildman–Crippen MR) is 84.1 cm³/mol. The van der Waals surface area contributed by atoms with E-state index in [-0.39, 0.29) is 6.61 Å². The molecule has 0 fully saturated rings. The molecule has 5 heteroatoms. The lowest BCUT2D eigenvalue weighted by Gasteiger charge is -2.26. The molecule has 0 aromatic heterocycles. The van der Waals surface area contributed by atoms with E-state index in [1.807, 2.05) is 46.8 Å². The van der Waals surface area contributed by atoms with Crippen LogP contribution in [0.25, 0.3) is 0 Å². The van der Waals surface area contributed by atoms with Crippen LogP contribution in [0.3, 0.4) is 0 Å². The van der Waals surface area contributed by atoms with Crippen molar-refractivity contribution in [2.24, 2.45) is 0 Å². The standard InChI is InChI=1S/C15H22BrNO3/c1-14(2,3)20-13(19)17-12-8-10(16)6-7-11(12)15(4,5)9-18/h6-8,18H,9H2,1-5H3,(H,17,19). The fraction of sp³-hybridized carbons (Fsp3) is 0.533. The molecule has 0 aliphatic heterocycles. The molecule has 0 saturated heterocycles. The number of nitrogens with one attached hydrogen (secondary N) is 1. The van der Waals surface area contributed by atoms with Crippen molar-refractivity contribution < 1.29 is 14.6 Å². The Hall–Kier alpha value is -1.07. The SMILES string of the molecule is CC(C)(C)OC(=O)Nc1cc(Br)ccc1C(C)(C)CO. The van der Waals surface area contributed by atoms with Gasteiger partial charge in [0.05, 0.1) is 6.61 Å². The van der Waals surface area contributed by atoms with E-state index in [1.165, 1.54) is 0 Å². The number of carbonyl (C=O) groups is 1. The summed E-state index contributed by atoms with van der Waals surface area (Å²) in [6.45, 7) is 9.24. The minimum absolute atomic E-state index is 0.0162. The van der Waals surface area contributed by atoms with Gasteiger partial charge in [0.2, 0.25) is 0 Å². The van der Waals surface area contributed by atoms with Crippen molar-refractivity contribution in [2.75, 3.05) is 11.9 Å². The number of halogens is 1. The van der Waals surface area contributed by atoms with Gasteiger partial charge in [-0.15, -0.1) is 0 Å². The van der Waals surface area contributed by atoms with Crippen LogP contribution in [0.5, 0.6) is 0 Å². The second kappa shape index (κ2) is 6.14. The number of hydrogen-bond acceptors (Lipinski definition) is 3. The average molecular weight is 344 g/mol. The van der Waals surface area contributed by atoms with Gasteiger partial charge in [0.15, 0.2) is 0 Å². The first-order chi connectivity index (χ1) is 9.05. The van der Waals surface area contributed by atoms with Crippen LogP contribution in [0.1, 0.15) is 40.2 Å². The number of amides is 1. The lowest BCUT2D eigenvalue weighted by Crippen LogP contribution is -2.29. The first kappa shape index (κ1) is 17.0. The zero-order chi connectivity index (χ0) is 15.6. The second-order valence-corrected chi connectivity index (χ2v) is 7.27. The van der Waals surface area contributed by atoms with Crippen molar-refractivity contribution in [3.63, 3.8) is 0 Å². The maximum atomic E-state index is 11.9. The van der Waals surface area contributed by atoms with Gasteiger partial charge in [0, 0.05) is 15.6 Å². The van der Waals surface area contributed by atoms with Gasteiger partial charge in [-0.05, 0) is 38.5 Å². The predicted octanol–water partition coefficient (Wildman–Crippen LogP) is 4.07. The summed E-state index contributed by atoms with van der Waals surface area (Å²) in [6, 6.07) is 5.57. The Kier molecular flexibility index (Phi) is 5.21. The maximum absolute atomic E-state index is 11.9. The highest BCUT2D eigenvalue weighted by Crippen LogP contribution is 2.32. The molecule has 112 valence electrons. The van der Waals surface area contributed by atoms with Crippen LogP contribution >= 0.6 is 15.9 Å². The van der Waals surface area contributed by atoms with E-state index in [2.05, 4.69) is 21.2 Å². The largest absolute Gasteiger partial charge is 0.444 e. The van der Waals surface area contributed by atoms with Crippen LogP contribution in [0, 0.1) is 0 Å². The molecule has 0 heterocycles. The highest BCUT2D eigenvalue weighted by atomic mass is 79.9. The molecule has 4 nitrogen and oxygen atoms in total. The summed E-state index contributed by atoms with van der Waals surface area (Å²) >= 11 is 3.38. The first-order valence-electron chi connectivity index (χ1n) is 6.46. The third-order valence-corrected chi connectivity index (χ3v) is 3.23. The summed E-state index contributed by atoms with van der Waals surface area (Å²) < 4.78 is 6.10. The van der Waals surface area contributed by atoms with Crippen LogP contribution in [-0.4, -0.2) is 23.4 Å². The minimum atomic E-state index is -0.553. The highest BCUT2D eigenvalue weighted by molar-refractivity contribution is 9.10. The van der Waals surface area contributed by atoms with Crippen molar-refractivity contribution >= 4 is 27.7 Å². The molecule has 1 rings (SSSR count). The van der Waals surface area contributed by atoms with E-state index in [4.69, 9.17) is 4.74 Å². The summed E-state index contributed by atoms with van der Waals surface area (Å²) in [6.07, 6.45) is -0.509. The Balaban J connectivity index is 3.05. The molecule has 0 aliphatic rings. The quantitative estimate of drug-likeness (QED) is 0.869. The number of aliphatic hydroxyl groups is 1. The van der Waals surface area contributed by atoms with Gasteiger partial charge in [-0.25, -0.2) is 4.79 Å². The Morgan fingerprint density at radius 2 is 1.90 bits per heavy atom. The molecule has 0 aliphatic carbocycles. The van der Waals surface area contributed by atoms with Crippen molar-refractivity contribution in [3.05, 3.63) is 28.2 Å². The normalized spacial score (nSPS) is 12.2. The Morgan fingerprint density at radius 3 is 2.40 bits per heavy atom. The molecule has 1 aromatic carbocycles. The molecule has 0 atom stereocenters. The second-order valence-electron chi connectivity index (χ2n) is 6.36. The van der Waals surface area contributed by atoms with Gasteiger partial charge in [-0.3, -0.25) is 5.32 Å². The molecule has 0 saturated carbocycles. The van der Waals surface area contributed by atoms with Crippen molar-refractivity contribution in [1.29, 1.82) is 0 Å². The molecule has 0 unspecified atom stereocenters. The van der Waals surface area contributed by atoms with Crippen LogP contribution < -0.4 is 5.32 Å². The van der Waals surface area contributed by atoms with Gasteiger partial charge in [0.25, 0.3) is 0 Å². The zero-order valence-corrected chi connectivity index (χ0v) is 14.2. The summed E-state index contributed by atoms with van der Waals surface area (Å²) in [4.78, 5) is 11.9. The van der Waals surface area contributed by atoms with Crippen molar-refractivity contribution in [2.45, 2.75) is 45.6 Å². The number of carbonyl (C=O) groups excluding carboxylic acids is 1. The number of hydrogen-bond donors (Lipinski definition) is 2. The van der Waals surface area contributed by atoms with E-state index in [9.17, 15) is 9.90 Å². The van der Waals surface area contributed by atoms with Crippen molar-refractivity contribution in [3.8, 4) is 0 Å². The first-order valence-corrected chi connectivity index (χ1v) is 7.25. The third-order valence-electron chi connectivity index (χ3n) is 2.74. The van der Waals surface area contributed by atoms with Crippen LogP contribution in [0.2, 0.25) is 0 Å². The van der Waals surface area contributed by atoms with Crippen LogP contribution in [-0.2, 0) is 10.2 Å². The molecule has 0 bridgehead atoms. The summed E-state index contributed by atoms with van der Waals surface area (Å²) in [7, 11) is 0. The van der Waals surface area contributed by atoms with Crippen LogP contribution in [0.15, 0.2) is 22.7 Å². The van der Waals surface area contributed by atoms with E-state index < -0.39 is 17.1 Å². The summed E-state index contributed by atoms with van der Waals surface area (Å²) in [5, 5.41) is 12.3. The molecular formula is C15H22BrNO3. The number of benzene rings is 1. The highest BCUT2D eigenvalue weighted by Gasteiger charge is 2.25. The smallest absolute Gasteiger partial charge is 0.412 e. The fourth-order valence-corrected chi connectivity index (χ4v) is 2.07. The van der Waals surface area contributed by atoms with Crippen molar-refractivity contribution in [1.82, 2.24) is 0 Å².